The number of carbonyl (C=O) groups is 2. The van der Waals surface area contributed by atoms with E-state index < -0.39 is 23.5 Å². The number of carbonyl (C=O) groups excluding carboxylic acids is 2. The molecule has 0 spiro atoms. The minimum atomic E-state index is -0.863. The molecule has 1 fully saturated rings. The molecule has 0 unspecified atom stereocenters. The first-order valence-corrected chi connectivity index (χ1v) is 10.7. The summed E-state index contributed by atoms with van der Waals surface area (Å²) < 4.78 is 14.1. The zero-order valence-electron chi connectivity index (χ0n) is 16.0. The van der Waals surface area contributed by atoms with Crippen molar-refractivity contribution >= 4 is 49.8 Å². The average molecular weight is 487 g/mol. The quantitative estimate of drug-likeness (QED) is 0.310. The van der Waals surface area contributed by atoms with E-state index in [1.54, 1.807) is 18.2 Å². The van der Waals surface area contributed by atoms with E-state index in [2.05, 4.69) is 20.9 Å². The number of hydrogen-bond acceptors (Lipinski definition) is 5. The molecule has 30 heavy (non-hydrogen) atoms. The van der Waals surface area contributed by atoms with Crippen LogP contribution in [0.25, 0.3) is 5.76 Å². The van der Waals surface area contributed by atoms with Gasteiger partial charge in [0.25, 0.3) is 5.78 Å². The van der Waals surface area contributed by atoms with Gasteiger partial charge in [-0.2, -0.15) is 0 Å². The zero-order valence-corrected chi connectivity index (χ0v) is 18.4. The number of hydrogen-bond donors (Lipinski definition) is 1. The smallest absolute Gasteiger partial charge is 0.301 e. The van der Waals surface area contributed by atoms with Gasteiger partial charge < -0.3 is 5.11 Å². The summed E-state index contributed by atoms with van der Waals surface area (Å²) in [5.41, 5.74) is 1.59. The van der Waals surface area contributed by atoms with Crippen LogP contribution in [-0.2, 0) is 9.59 Å². The van der Waals surface area contributed by atoms with E-state index in [0.29, 0.717) is 10.7 Å². The van der Waals surface area contributed by atoms with Gasteiger partial charge in [-0.05, 0) is 55.8 Å². The number of benzene rings is 2. The molecule has 0 radical (unpaired) electrons. The number of rotatable bonds is 3. The second-order valence-corrected chi connectivity index (χ2v) is 8.97. The molecule has 1 aromatic heterocycles. The Hall–Kier alpha value is -2.84. The number of amides is 1. The first-order valence-electron chi connectivity index (χ1n) is 9.04. The van der Waals surface area contributed by atoms with E-state index in [-0.39, 0.29) is 16.9 Å². The normalized spacial score (nSPS) is 18.3. The lowest BCUT2D eigenvalue weighted by atomic mass is 9.95. The van der Waals surface area contributed by atoms with Crippen molar-refractivity contribution in [2.45, 2.75) is 19.9 Å². The summed E-state index contributed by atoms with van der Waals surface area (Å²) in [6, 6.07) is 11.4. The molecule has 1 atom stereocenters. The molecular weight excluding hydrogens is 471 g/mol. The molecule has 2 aromatic carbocycles. The molecule has 0 saturated carbocycles. The number of halogens is 2. The fourth-order valence-corrected chi connectivity index (χ4v) is 4.70. The number of anilines is 1. The van der Waals surface area contributed by atoms with Crippen molar-refractivity contribution in [3.05, 3.63) is 86.1 Å². The SMILES string of the molecule is Cc1nc(N2C(=O)C(=O)/C(=C(/O)c3ccc(F)cc3)[C@H]2c2cccc(Br)c2)sc1C. The molecule has 3 aromatic rings. The maximum Gasteiger partial charge on any atom is 0.301 e. The summed E-state index contributed by atoms with van der Waals surface area (Å²) in [6.07, 6.45) is 0. The van der Waals surface area contributed by atoms with Crippen molar-refractivity contribution in [1.82, 2.24) is 4.98 Å². The lowest BCUT2D eigenvalue weighted by Crippen LogP contribution is -2.29. The van der Waals surface area contributed by atoms with Crippen LogP contribution < -0.4 is 4.90 Å². The average Bonchev–Trinajstić information content (AvgIpc) is 3.18. The number of Topliss-reactive ketones (excluding diaryl/α,β-unsaturated/α-hetero) is 1. The fourth-order valence-electron chi connectivity index (χ4n) is 3.34. The summed E-state index contributed by atoms with van der Waals surface area (Å²) in [5.74, 6) is -2.40. The molecule has 2 heterocycles. The number of nitrogens with zero attached hydrogens (tertiary/aromatic N) is 2. The lowest BCUT2D eigenvalue weighted by Gasteiger charge is -2.23. The third kappa shape index (κ3) is 3.46. The minimum Gasteiger partial charge on any atom is -0.507 e. The fraction of sp³-hybridized carbons (Fsp3) is 0.136. The van der Waals surface area contributed by atoms with Gasteiger partial charge in [0.2, 0.25) is 0 Å². The van der Waals surface area contributed by atoms with Gasteiger partial charge in [-0.15, -0.1) is 11.3 Å². The van der Waals surface area contributed by atoms with Crippen LogP contribution in [0.2, 0.25) is 0 Å². The van der Waals surface area contributed by atoms with Crippen LogP contribution in [0, 0.1) is 19.7 Å². The van der Waals surface area contributed by atoms with E-state index >= 15 is 0 Å². The predicted molar refractivity (Wildman–Crippen MR) is 117 cm³/mol. The summed E-state index contributed by atoms with van der Waals surface area (Å²) in [7, 11) is 0. The van der Waals surface area contributed by atoms with Gasteiger partial charge in [0.05, 0.1) is 17.3 Å². The lowest BCUT2D eigenvalue weighted by molar-refractivity contribution is -0.132. The van der Waals surface area contributed by atoms with Gasteiger partial charge in [0, 0.05) is 14.9 Å². The highest BCUT2D eigenvalue weighted by Gasteiger charge is 2.48. The number of ketones is 1. The molecule has 5 nitrogen and oxygen atoms in total. The monoisotopic (exact) mass is 486 g/mol. The van der Waals surface area contributed by atoms with Crippen molar-refractivity contribution in [2.75, 3.05) is 4.90 Å². The highest BCUT2D eigenvalue weighted by atomic mass is 79.9. The number of aromatic nitrogens is 1. The molecule has 152 valence electrons. The van der Waals surface area contributed by atoms with Crippen LogP contribution >= 0.6 is 27.3 Å². The molecule has 1 aliphatic heterocycles. The minimum absolute atomic E-state index is 0.0600. The number of thiazole rings is 1. The summed E-state index contributed by atoms with van der Waals surface area (Å²) >= 11 is 4.73. The van der Waals surface area contributed by atoms with E-state index in [1.165, 1.54) is 40.5 Å². The van der Waals surface area contributed by atoms with E-state index in [4.69, 9.17) is 0 Å². The van der Waals surface area contributed by atoms with Crippen LogP contribution in [0.3, 0.4) is 0 Å². The molecule has 1 N–H and O–H groups in total. The molecular formula is C22H16BrFN2O3S. The highest BCUT2D eigenvalue weighted by molar-refractivity contribution is 9.10. The Labute approximate surface area is 184 Å². The van der Waals surface area contributed by atoms with Crippen LogP contribution in [0.15, 0.2) is 58.6 Å². The Morgan fingerprint density at radius 1 is 1.17 bits per heavy atom. The van der Waals surface area contributed by atoms with Gasteiger partial charge in [0.1, 0.15) is 11.6 Å². The van der Waals surface area contributed by atoms with Gasteiger partial charge in [-0.3, -0.25) is 14.5 Å². The van der Waals surface area contributed by atoms with E-state index in [0.717, 1.165) is 15.0 Å². The van der Waals surface area contributed by atoms with Gasteiger partial charge in [-0.1, -0.05) is 28.1 Å². The molecule has 1 amide bonds. The first kappa shape index (κ1) is 20.4. The van der Waals surface area contributed by atoms with Crippen molar-refractivity contribution in [3.8, 4) is 0 Å². The standard InChI is InChI=1S/C22H16BrFN2O3S/c1-11-12(2)30-22(25-11)26-18(14-4-3-5-15(23)10-14)17(20(28)21(26)29)19(27)13-6-8-16(24)9-7-13/h3-10,18,27H,1-2H3/b19-17+/t18-/m1/s1. The Balaban J connectivity index is 1.96. The zero-order chi connectivity index (χ0) is 21.6. The molecule has 0 bridgehead atoms. The molecule has 1 saturated heterocycles. The first-order chi connectivity index (χ1) is 14.3. The molecule has 4 rings (SSSR count). The van der Waals surface area contributed by atoms with E-state index in [1.807, 2.05) is 19.9 Å². The third-order valence-corrected chi connectivity index (χ3v) is 6.52. The Morgan fingerprint density at radius 3 is 2.47 bits per heavy atom. The number of aryl methyl sites for hydroxylation is 2. The summed E-state index contributed by atoms with van der Waals surface area (Å²) in [4.78, 5) is 32.7. The Morgan fingerprint density at radius 2 is 1.87 bits per heavy atom. The largest absolute Gasteiger partial charge is 0.507 e. The molecule has 8 heteroatoms. The molecule has 0 aliphatic carbocycles. The third-order valence-electron chi connectivity index (χ3n) is 4.95. The van der Waals surface area contributed by atoms with E-state index in [9.17, 15) is 19.1 Å². The maximum atomic E-state index is 13.3. The highest BCUT2D eigenvalue weighted by Crippen LogP contribution is 2.44. The van der Waals surface area contributed by atoms with Crippen molar-refractivity contribution in [2.24, 2.45) is 0 Å². The van der Waals surface area contributed by atoms with Crippen LogP contribution in [-0.4, -0.2) is 21.8 Å². The van der Waals surface area contributed by atoms with Crippen LogP contribution in [0.4, 0.5) is 9.52 Å². The number of aliphatic hydroxyl groups excluding tert-OH is 1. The van der Waals surface area contributed by atoms with Crippen molar-refractivity contribution in [3.63, 3.8) is 0 Å². The second-order valence-electron chi connectivity index (χ2n) is 6.87. The second kappa shape index (κ2) is 7.77. The van der Waals surface area contributed by atoms with Crippen molar-refractivity contribution in [1.29, 1.82) is 0 Å². The molecule has 1 aliphatic rings. The van der Waals surface area contributed by atoms with Crippen molar-refractivity contribution < 1.29 is 19.1 Å². The van der Waals surface area contributed by atoms with Crippen LogP contribution in [0.1, 0.15) is 27.7 Å². The van der Waals surface area contributed by atoms with Crippen LogP contribution in [0.5, 0.6) is 0 Å². The van der Waals surface area contributed by atoms with Gasteiger partial charge >= 0.3 is 5.91 Å². The van der Waals surface area contributed by atoms with Gasteiger partial charge in [-0.25, -0.2) is 9.37 Å². The summed E-state index contributed by atoms with van der Waals surface area (Å²) in [5, 5.41) is 11.3. The summed E-state index contributed by atoms with van der Waals surface area (Å²) in [6.45, 7) is 3.72. The number of aliphatic hydroxyl groups is 1. The maximum absolute atomic E-state index is 13.3. The topological polar surface area (TPSA) is 70.5 Å². The van der Waals surface area contributed by atoms with Gasteiger partial charge in [0.15, 0.2) is 5.13 Å². The Bertz CT molecular complexity index is 1180. The Kier molecular flexibility index (Phi) is 5.29. The predicted octanol–water partition coefficient (Wildman–Crippen LogP) is 5.29.